The Hall–Kier alpha value is -2.37. The van der Waals surface area contributed by atoms with E-state index in [1.54, 1.807) is 6.20 Å². The van der Waals surface area contributed by atoms with E-state index in [0.29, 0.717) is 29.3 Å². The molecule has 0 atom stereocenters. The summed E-state index contributed by atoms with van der Waals surface area (Å²) >= 11 is 0. The Morgan fingerprint density at radius 2 is 1.92 bits per heavy atom. The van der Waals surface area contributed by atoms with Crippen LogP contribution in [0.2, 0.25) is 0 Å². The topological polar surface area (TPSA) is 86.0 Å². The molecule has 1 aliphatic carbocycles. The molecule has 0 unspecified atom stereocenters. The molecule has 0 radical (unpaired) electrons. The lowest BCUT2D eigenvalue weighted by atomic mass is 10.0. The van der Waals surface area contributed by atoms with Crippen LogP contribution in [-0.2, 0) is 0 Å². The van der Waals surface area contributed by atoms with Gasteiger partial charge >= 0.3 is 0 Å². The third-order valence-electron chi connectivity index (χ3n) is 4.21. The molecule has 6 heteroatoms. The van der Waals surface area contributed by atoms with Crippen molar-refractivity contribution in [1.82, 2.24) is 15.0 Å². The normalized spacial score (nSPS) is 14.2. The monoisotopic (exact) mass is 341 g/mol. The van der Waals surface area contributed by atoms with E-state index < -0.39 is 0 Å². The molecular formula is C19H27N5O. The third-order valence-corrected chi connectivity index (χ3v) is 4.21. The summed E-state index contributed by atoms with van der Waals surface area (Å²) in [6.45, 7) is 9.34. The molecule has 1 fully saturated rings. The van der Waals surface area contributed by atoms with Gasteiger partial charge in [-0.05, 0) is 24.7 Å². The molecule has 1 saturated carbocycles. The lowest BCUT2D eigenvalue weighted by Gasteiger charge is -2.17. The molecule has 2 aromatic rings. The minimum absolute atomic E-state index is 0.232. The van der Waals surface area contributed by atoms with Crippen molar-refractivity contribution >= 4 is 11.8 Å². The highest BCUT2D eigenvalue weighted by atomic mass is 16.5. The second-order valence-electron chi connectivity index (χ2n) is 7.39. The van der Waals surface area contributed by atoms with E-state index in [1.165, 1.54) is 12.8 Å². The Bertz CT molecular complexity index is 741. The number of nitrogens with one attached hydrogen (secondary N) is 1. The highest BCUT2D eigenvalue weighted by Gasteiger charge is 2.26. The van der Waals surface area contributed by atoms with E-state index in [0.717, 1.165) is 23.6 Å². The first-order valence-corrected chi connectivity index (χ1v) is 8.98. The van der Waals surface area contributed by atoms with E-state index in [2.05, 4.69) is 54.0 Å². The Morgan fingerprint density at radius 3 is 2.56 bits per heavy atom. The maximum Gasteiger partial charge on any atom is 0.222 e. The fourth-order valence-corrected chi connectivity index (χ4v) is 2.59. The van der Waals surface area contributed by atoms with Crippen molar-refractivity contribution in [1.29, 1.82) is 0 Å². The number of ether oxygens (including phenoxy) is 1. The molecule has 25 heavy (non-hydrogen) atoms. The Labute approximate surface area is 149 Å². The lowest BCUT2D eigenvalue weighted by Crippen LogP contribution is -2.11. The average Bonchev–Trinajstić information content (AvgIpc) is 3.39. The molecule has 3 rings (SSSR count). The molecule has 6 nitrogen and oxygen atoms in total. The second-order valence-corrected chi connectivity index (χ2v) is 7.39. The quantitative estimate of drug-likeness (QED) is 0.780. The second kappa shape index (κ2) is 7.25. The van der Waals surface area contributed by atoms with Crippen molar-refractivity contribution in [3.05, 3.63) is 29.7 Å². The number of nitrogen functional groups attached to an aromatic ring is 1. The summed E-state index contributed by atoms with van der Waals surface area (Å²) in [5, 5.41) is 3.30. The van der Waals surface area contributed by atoms with Crippen molar-refractivity contribution in [2.75, 3.05) is 17.6 Å². The van der Waals surface area contributed by atoms with Crippen LogP contribution < -0.4 is 15.8 Å². The van der Waals surface area contributed by atoms with E-state index in [-0.39, 0.29) is 5.95 Å². The molecule has 0 aliphatic heterocycles. The summed E-state index contributed by atoms with van der Waals surface area (Å²) in [5.41, 5.74) is 7.93. The van der Waals surface area contributed by atoms with E-state index in [9.17, 15) is 0 Å². The van der Waals surface area contributed by atoms with E-state index in [1.807, 2.05) is 6.20 Å². The number of hydrogen-bond donors (Lipinski definition) is 2. The number of nitrogens with zero attached hydrogens (tertiary/aromatic N) is 3. The summed E-state index contributed by atoms with van der Waals surface area (Å²) in [6.07, 6.45) is 5.98. The molecule has 0 saturated heterocycles. The smallest absolute Gasteiger partial charge is 0.222 e. The van der Waals surface area contributed by atoms with Crippen LogP contribution in [0.1, 0.15) is 63.6 Å². The largest absolute Gasteiger partial charge is 0.451 e. The highest BCUT2D eigenvalue weighted by Crippen LogP contribution is 2.42. The van der Waals surface area contributed by atoms with Gasteiger partial charge in [-0.25, -0.2) is 4.98 Å². The molecule has 2 heterocycles. The van der Waals surface area contributed by atoms with Crippen molar-refractivity contribution < 1.29 is 4.74 Å². The minimum Gasteiger partial charge on any atom is -0.451 e. The zero-order valence-electron chi connectivity index (χ0n) is 15.4. The Kier molecular flexibility index (Phi) is 5.06. The van der Waals surface area contributed by atoms with Gasteiger partial charge in [-0.1, -0.05) is 27.7 Å². The number of rotatable bonds is 7. The molecule has 134 valence electrons. The molecule has 0 spiro atoms. The van der Waals surface area contributed by atoms with Gasteiger partial charge < -0.3 is 15.8 Å². The number of hydrogen-bond acceptors (Lipinski definition) is 6. The third kappa shape index (κ3) is 4.38. The molecule has 0 amide bonds. The van der Waals surface area contributed by atoms with Crippen LogP contribution in [-0.4, -0.2) is 21.5 Å². The molecular weight excluding hydrogens is 314 g/mol. The lowest BCUT2D eigenvalue weighted by molar-refractivity contribution is 0.468. The first kappa shape index (κ1) is 17.5. The minimum atomic E-state index is 0.232. The number of aromatic nitrogens is 3. The van der Waals surface area contributed by atoms with Gasteiger partial charge in [0.1, 0.15) is 5.75 Å². The Balaban J connectivity index is 1.91. The van der Waals surface area contributed by atoms with Crippen LogP contribution >= 0.6 is 0 Å². The van der Waals surface area contributed by atoms with E-state index >= 15 is 0 Å². The number of pyridine rings is 1. The molecule has 2 aromatic heterocycles. The van der Waals surface area contributed by atoms with Gasteiger partial charge in [-0.15, -0.1) is 0 Å². The van der Waals surface area contributed by atoms with Crippen LogP contribution in [0, 0.1) is 5.92 Å². The maximum atomic E-state index is 6.22. The Morgan fingerprint density at radius 1 is 1.16 bits per heavy atom. The molecule has 0 aromatic carbocycles. The molecule has 3 N–H and O–H groups in total. The average molecular weight is 341 g/mol. The molecule has 0 bridgehead atoms. The van der Waals surface area contributed by atoms with Crippen LogP contribution in [0.4, 0.5) is 11.8 Å². The number of nitrogens with two attached hydrogens (primary N) is 1. The summed E-state index contributed by atoms with van der Waals surface area (Å²) in [5.74, 6) is 3.65. The van der Waals surface area contributed by atoms with Crippen molar-refractivity contribution in [2.45, 2.75) is 52.4 Å². The fraction of sp³-hybridized carbons (Fsp3) is 0.526. The van der Waals surface area contributed by atoms with Crippen molar-refractivity contribution in [3.63, 3.8) is 0 Å². The van der Waals surface area contributed by atoms with Crippen LogP contribution in [0.5, 0.6) is 11.5 Å². The van der Waals surface area contributed by atoms with Gasteiger partial charge in [0.05, 0.1) is 6.20 Å². The highest BCUT2D eigenvalue weighted by molar-refractivity contribution is 5.54. The van der Waals surface area contributed by atoms with Gasteiger partial charge in [-0.3, -0.25) is 4.98 Å². The standard InChI is InChI=1S/C19H27N5O/c1-11(2)8-22-18-17(10-23-19(20)24-18)25-16-7-15(13-5-6-13)21-9-14(16)12(3)4/h7,9-13H,5-6,8H2,1-4H3,(H3,20,22,23,24). The van der Waals surface area contributed by atoms with E-state index in [4.69, 9.17) is 10.5 Å². The van der Waals surface area contributed by atoms with Gasteiger partial charge in [-0.2, -0.15) is 4.98 Å². The van der Waals surface area contributed by atoms with Crippen LogP contribution in [0.3, 0.4) is 0 Å². The first-order chi connectivity index (χ1) is 11.9. The molecule has 1 aliphatic rings. The first-order valence-electron chi connectivity index (χ1n) is 8.98. The van der Waals surface area contributed by atoms with Gasteiger partial charge in [0.15, 0.2) is 11.6 Å². The summed E-state index contributed by atoms with van der Waals surface area (Å²) in [7, 11) is 0. The van der Waals surface area contributed by atoms with Gasteiger partial charge in [0.2, 0.25) is 5.95 Å². The van der Waals surface area contributed by atoms with Crippen LogP contribution in [0.25, 0.3) is 0 Å². The predicted molar refractivity (Wildman–Crippen MR) is 100 cm³/mol. The predicted octanol–water partition coefficient (Wildman–Crippen LogP) is 4.31. The zero-order chi connectivity index (χ0) is 18.0. The van der Waals surface area contributed by atoms with Crippen molar-refractivity contribution in [2.24, 2.45) is 5.92 Å². The van der Waals surface area contributed by atoms with Gasteiger partial charge in [0, 0.05) is 36.0 Å². The summed E-state index contributed by atoms with van der Waals surface area (Å²) in [4.78, 5) is 13.0. The van der Waals surface area contributed by atoms with Crippen molar-refractivity contribution in [3.8, 4) is 11.5 Å². The summed E-state index contributed by atoms with van der Waals surface area (Å²) in [6, 6.07) is 2.07. The van der Waals surface area contributed by atoms with Gasteiger partial charge in [0.25, 0.3) is 0 Å². The maximum absolute atomic E-state index is 6.22. The van der Waals surface area contributed by atoms with Crippen LogP contribution in [0.15, 0.2) is 18.5 Å². The SMILES string of the molecule is CC(C)CNc1nc(N)ncc1Oc1cc(C2CC2)ncc1C(C)C. The summed E-state index contributed by atoms with van der Waals surface area (Å²) < 4.78 is 6.22. The fourth-order valence-electron chi connectivity index (χ4n) is 2.59. The number of anilines is 2. The zero-order valence-corrected chi connectivity index (χ0v) is 15.4.